The van der Waals surface area contributed by atoms with Crippen molar-refractivity contribution in [2.24, 2.45) is 0 Å². The third kappa shape index (κ3) is 1.97. The molecular weight excluding hydrogens is 214 g/mol. The van der Waals surface area contributed by atoms with Crippen molar-refractivity contribution in [2.75, 3.05) is 0 Å². The van der Waals surface area contributed by atoms with Crippen LogP contribution in [0.2, 0.25) is 5.15 Å². The first-order valence-electron chi connectivity index (χ1n) is 4.24. The molecule has 2 rings (SSSR count). The Morgan fingerprint density at radius 2 is 2.40 bits per heavy atom. The van der Waals surface area contributed by atoms with Gasteiger partial charge in [0.25, 0.3) is 0 Å². The quantitative estimate of drug-likeness (QED) is 0.537. The van der Waals surface area contributed by atoms with Gasteiger partial charge in [0.05, 0.1) is 12.6 Å². The van der Waals surface area contributed by atoms with E-state index in [4.69, 9.17) is 11.6 Å². The summed E-state index contributed by atoms with van der Waals surface area (Å²) in [4.78, 5) is 14.2. The van der Waals surface area contributed by atoms with Crippen molar-refractivity contribution in [3.05, 3.63) is 29.2 Å². The molecule has 0 unspecified atom stereocenters. The molecule has 15 heavy (non-hydrogen) atoms. The highest BCUT2D eigenvalue weighted by Gasteiger charge is 2.01. The average Bonchev–Trinajstić information content (AvgIpc) is 2.62. The standard InChI is InChI=1S/C10H6ClN3O/c11-9-4-5-10-12-7-8(14(10)13-9)3-1-2-6-15/h4-7H,2H2. The van der Waals surface area contributed by atoms with Crippen molar-refractivity contribution in [2.45, 2.75) is 6.42 Å². The molecular formula is C10H6ClN3O. The van der Waals surface area contributed by atoms with E-state index in [1.807, 2.05) is 0 Å². The summed E-state index contributed by atoms with van der Waals surface area (Å²) in [6.45, 7) is 0. The van der Waals surface area contributed by atoms with Crippen LogP contribution in [0.25, 0.3) is 5.65 Å². The maximum absolute atomic E-state index is 10.1. The number of aldehydes is 1. The second-order valence-electron chi connectivity index (χ2n) is 2.74. The maximum atomic E-state index is 10.1. The number of halogens is 1. The van der Waals surface area contributed by atoms with Crippen molar-refractivity contribution in [3.8, 4) is 11.8 Å². The minimum Gasteiger partial charge on any atom is -0.302 e. The average molecular weight is 220 g/mol. The van der Waals surface area contributed by atoms with Crippen LogP contribution in [0.1, 0.15) is 12.1 Å². The Hall–Kier alpha value is -1.86. The Labute approximate surface area is 90.9 Å². The van der Waals surface area contributed by atoms with Crippen molar-refractivity contribution in [1.29, 1.82) is 0 Å². The summed E-state index contributed by atoms with van der Waals surface area (Å²) >= 11 is 5.74. The molecule has 4 nitrogen and oxygen atoms in total. The molecule has 0 atom stereocenters. The Balaban J connectivity index is 2.49. The van der Waals surface area contributed by atoms with E-state index in [9.17, 15) is 4.79 Å². The second-order valence-corrected chi connectivity index (χ2v) is 3.13. The van der Waals surface area contributed by atoms with E-state index >= 15 is 0 Å². The van der Waals surface area contributed by atoms with Gasteiger partial charge in [0.2, 0.25) is 0 Å². The van der Waals surface area contributed by atoms with Crippen LogP contribution >= 0.6 is 11.6 Å². The van der Waals surface area contributed by atoms with Crippen LogP contribution in [0.15, 0.2) is 18.3 Å². The lowest BCUT2D eigenvalue weighted by Crippen LogP contribution is -1.93. The molecule has 0 aliphatic rings. The molecule has 0 fully saturated rings. The third-order valence-corrected chi connectivity index (χ3v) is 1.93. The largest absolute Gasteiger partial charge is 0.302 e. The zero-order valence-corrected chi connectivity index (χ0v) is 8.40. The number of rotatable bonds is 1. The third-order valence-electron chi connectivity index (χ3n) is 1.73. The molecule has 0 spiro atoms. The summed E-state index contributed by atoms with van der Waals surface area (Å²) in [7, 11) is 0. The highest BCUT2D eigenvalue weighted by molar-refractivity contribution is 6.29. The second kappa shape index (κ2) is 4.11. The molecule has 2 aromatic heterocycles. The van der Waals surface area contributed by atoms with Crippen LogP contribution in [-0.2, 0) is 4.79 Å². The van der Waals surface area contributed by atoms with Gasteiger partial charge in [-0.1, -0.05) is 17.5 Å². The minimum atomic E-state index is 0.202. The monoisotopic (exact) mass is 219 g/mol. The Kier molecular flexibility index (Phi) is 2.66. The predicted molar refractivity (Wildman–Crippen MR) is 55.6 cm³/mol. The highest BCUT2D eigenvalue weighted by Crippen LogP contribution is 2.08. The predicted octanol–water partition coefficient (Wildman–Crippen LogP) is 1.32. The van der Waals surface area contributed by atoms with Crippen molar-refractivity contribution < 1.29 is 4.79 Å². The lowest BCUT2D eigenvalue weighted by atomic mass is 10.4. The van der Waals surface area contributed by atoms with Crippen LogP contribution in [0, 0.1) is 11.8 Å². The van der Waals surface area contributed by atoms with Gasteiger partial charge in [-0.15, -0.1) is 0 Å². The van der Waals surface area contributed by atoms with Crippen LogP contribution in [-0.4, -0.2) is 20.9 Å². The molecule has 2 heterocycles. The van der Waals surface area contributed by atoms with E-state index in [2.05, 4.69) is 21.9 Å². The van der Waals surface area contributed by atoms with E-state index < -0.39 is 0 Å². The first-order valence-corrected chi connectivity index (χ1v) is 4.62. The summed E-state index contributed by atoms with van der Waals surface area (Å²) in [6.07, 6.45) is 2.54. The molecule has 0 aliphatic heterocycles. The first kappa shape index (κ1) is 9.69. The molecule has 74 valence electrons. The van der Waals surface area contributed by atoms with Crippen molar-refractivity contribution in [1.82, 2.24) is 14.6 Å². The highest BCUT2D eigenvalue weighted by atomic mass is 35.5. The molecule has 0 N–H and O–H groups in total. The first-order chi connectivity index (χ1) is 7.31. The van der Waals surface area contributed by atoms with E-state index in [1.165, 1.54) is 0 Å². The fraction of sp³-hybridized carbons (Fsp3) is 0.100. The van der Waals surface area contributed by atoms with E-state index in [1.54, 1.807) is 22.8 Å². The smallest absolute Gasteiger partial charge is 0.155 e. The van der Waals surface area contributed by atoms with Gasteiger partial charge in [-0.2, -0.15) is 5.10 Å². The molecule has 2 aromatic rings. The van der Waals surface area contributed by atoms with Crippen LogP contribution in [0.3, 0.4) is 0 Å². The number of imidazole rings is 1. The van der Waals surface area contributed by atoms with Gasteiger partial charge < -0.3 is 4.79 Å². The minimum absolute atomic E-state index is 0.202. The van der Waals surface area contributed by atoms with E-state index in [0.717, 1.165) is 6.29 Å². The van der Waals surface area contributed by atoms with E-state index in [-0.39, 0.29) is 6.42 Å². The van der Waals surface area contributed by atoms with Crippen molar-refractivity contribution >= 4 is 23.5 Å². The summed E-state index contributed by atoms with van der Waals surface area (Å²) in [5.74, 6) is 5.48. The summed E-state index contributed by atoms with van der Waals surface area (Å²) in [5, 5.41) is 4.42. The molecule has 0 saturated heterocycles. The van der Waals surface area contributed by atoms with Crippen LogP contribution in [0.4, 0.5) is 0 Å². The summed E-state index contributed by atoms with van der Waals surface area (Å²) < 4.78 is 1.54. The van der Waals surface area contributed by atoms with Gasteiger partial charge in [-0.25, -0.2) is 9.50 Å². The van der Waals surface area contributed by atoms with Gasteiger partial charge in [0.15, 0.2) is 5.65 Å². The Morgan fingerprint density at radius 1 is 1.53 bits per heavy atom. The van der Waals surface area contributed by atoms with Gasteiger partial charge in [-0.05, 0) is 18.1 Å². The number of aromatic nitrogens is 3. The molecule has 0 amide bonds. The molecule has 0 aliphatic carbocycles. The van der Waals surface area contributed by atoms with Gasteiger partial charge in [0, 0.05) is 0 Å². The Morgan fingerprint density at radius 3 is 3.20 bits per heavy atom. The zero-order valence-electron chi connectivity index (χ0n) is 7.64. The number of carbonyl (C=O) groups is 1. The topological polar surface area (TPSA) is 47.3 Å². The normalized spacial score (nSPS) is 9.67. The fourth-order valence-corrected chi connectivity index (χ4v) is 1.26. The molecule has 0 saturated carbocycles. The van der Waals surface area contributed by atoms with Gasteiger partial charge >= 0.3 is 0 Å². The SMILES string of the molecule is O=CCC#Cc1cnc2ccc(Cl)nn12. The lowest BCUT2D eigenvalue weighted by Gasteiger charge is -1.93. The maximum Gasteiger partial charge on any atom is 0.155 e. The molecule has 0 bridgehead atoms. The number of hydrogen-bond acceptors (Lipinski definition) is 3. The number of fused-ring (bicyclic) bond motifs is 1. The number of hydrogen-bond donors (Lipinski definition) is 0. The van der Waals surface area contributed by atoms with Gasteiger partial charge in [0.1, 0.15) is 17.1 Å². The van der Waals surface area contributed by atoms with E-state index in [0.29, 0.717) is 16.5 Å². The summed E-state index contributed by atoms with van der Waals surface area (Å²) in [6, 6.07) is 3.41. The van der Waals surface area contributed by atoms with Crippen LogP contribution < -0.4 is 0 Å². The summed E-state index contributed by atoms with van der Waals surface area (Å²) in [5.41, 5.74) is 1.30. The number of nitrogens with zero attached hydrogens (tertiary/aromatic N) is 3. The number of carbonyl (C=O) groups excluding carboxylic acids is 1. The van der Waals surface area contributed by atoms with Gasteiger partial charge in [-0.3, -0.25) is 0 Å². The molecule has 0 radical (unpaired) electrons. The molecule has 5 heteroatoms. The fourth-order valence-electron chi connectivity index (χ4n) is 1.12. The van der Waals surface area contributed by atoms with Crippen molar-refractivity contribution in [3.63, 3.8) is 0 Å². The Bertz CT molecular complexity index is 565. The zero-order chi connectivity index (χ0) is 10.7. The molecule has 0 aromatic carbocycles. The van der Waals surface area contributed by atoms with Crippen LogP contribution in [0.5, 0.6) is 0 Å². The lowest BCUT2D eigenvalue weighted by molar-refractivity contribution is -0.107.